The zero-order valence-electron chi connectivity index (χ0n) is 11.7. The number of hydrogen-bond acceptors (Lipinski definition) is 3. The van der Waals surface area contributed by atoms with Crippen molar-refractivity contribution in [1.82, 2.24) is 4.98 Å². The fourth-order valence-corrected chi connectivity index (χ4v) is 1.94. The van der Waals surface area contributed by atoms with E-state index in [9.17, 15) is 4.79 Å². The predicted molar refractivity (Wildman–Crippen MR) is 78.9 cm³/mol. The van der Waals surface area contributed by atoms with Crippen molar-refractivity contribution in [2.75, 3.05) is 12.4 Å². The third kappa shape index (κ3) is 3.82. The van der Waals surface area contributed by atoms with Crippen molar-refractivity contribution in [1.29, 1.82) is 0 Å². The maximum atomic E-state index is 12.0. The number of aromatic nitrogens is 1. The van der Waals surface area contributed by atoms with Crippen LogP contribution in [0.15, 0.2) is 42.7 Å². The lowest BCUT2D eigenvalue weighted by Crippen LogP contribution is -2.13. The molecule has 0 fully saturated rings. The van der Waals surface area contributed by atoms with Crippen molar-refractivity contribution >= 4 is 11.6 Å². The number of rotatable bonds is 5. The summed E-state index contributed by atoms with van der Waals surface area (Å²) in [7, 11) is 1.59. The molecular weight excluding hydrogens is 252 g/mol. The SMILES string of the molecule is COc1ccc(C)cc1NC(=O)CCc1cccnc1. The molecule has 4 heteroatoms. The first-order valence-corrected chi connectivity index (χ1v) is 6.52. The van der Waals surface area contributed by atoms with Crippen LogP contribution in [0.4, 0.5) is 5.69 Å². The second-order valence-electron chi connectivity index (χ2n) is 4.61. The van der Waals surface area contributed by atoms with Crippen LogP contribution in [-0.4, -0.2) is 18.0 Å². The molecule has 2 aromatic rings. The van der Waals surface area contributed by atoms with Crippen LogP contribution in [0.25, 0.3) is 0 Å². The normalized spacial score (nSPS) is 10.1. The number of hydrogen-bond donors (Lipinski definition) is 1. The van der Waals surface area contributed by atoms with Crippen molar-refractivity contribution in [2.24, 2.45) is 0 Å². The van der Waals surface area contributed by atoms with Crippen molar-refractivity contribution in [3.63, 3.8) is 0 Å². The number of methoxy groups -OCH3 is 1. The summed E-state index contributed by atoms with van der Waals surface area (Å²) in [6.07, 6.45) is 4.60. The van der Waals surface area contributed by atoms with Gasteiger partial charge in [0.05, 0.1) is 12.8 Å². The Balaban J connectivity index is 1.96. The first-order chi connectivity index (χ1) is 9.69. The van der Waals surface area contributed by atoms with E-state index >= 15 is 0 Å². The number of benzene rings is 1. The minimum Gasteiger partial charge on any atom is -0.495 e. The van der Waals surface area contributed by atoms with Gasteiger partial charge in [0, 0.05) is 18.8 Å². The highest BCUT2D eigenvalue weighted by atomic mass is 16.5. The van der Waals surface area contributed by atoms with Gasteiger partial charge in [0.2, 0.25) is 5.91 Å². The van der Waals surface area contributed by atoms with Gasteiger partial charge >= 0.3 is 0 Å². The summed E-state index contributed by atoms with van der Waals surface area (Å²) >= 11 is 0. The molecule has 1 aromatic heterocycles. The number of nitrogens with zero attached hydrogens (tertiary/aromatic N) is 1. The van der Waals surface area contributed by atoms with Gasteiger partial charge in [0.1, 0.15) is 5.75 Å². The lowest BCUT2D eigenvalue weighted by atomic mass is 10.1. The number of nitrogens with one attached hydrogen (secondary N) is 1. The highest BCUT2D eigenvalue weighted by Crippen LogP contribution is 2.25. The van der Waals surface area contributed by atoms with Gasteiger partial charge in [-0.25, -0.2) is 0 Å². The number of carbonyl (C=O) groups is 1. The predicted octanol–water partition coefficient (Wildman–Crippen LogP) is 2.97. The van der Waals surface area contributed by atoms with E-state index < -0.39 is 0 Å². The number of carbonyl (C=O) groups excluding carboxylic acids is 1. The Bertz CT molecular complexity index is 582. The van der Waals surface area contributed by atoms with E-state index in [1.807, 2.05) is 37.3 Å². The van der Waals surface area contributed by atoms with E-state index in [0.29, 0.717) is 24.3 Å². The summed E-state index contributed by atoms with van der Waals surface area (Å²) < 4.78 is 5.24. The Morgan fingerprint density at radius 2 is 2.20 bits per heavy atom. The van der Waals surface area contributed by atoms with Crippen LogP contribution < -0.4 is 10.1 Å². The van der Waals surface area contributed by atoms with Gasteiger partial charge in [-0.3, -0.25) is 9.78 Å². The molecule has 1 amide bonds. The molecule has 0 aliphatic carbocycles. The lowest BCUT2D eigenvalue weighted by Gasteiger charge is -2.11. The summed E-state index contributed by atoms with van der Waals surface area (Å²) in [5.74, 6) is 0.642. The van der Waals surface area contributed by atoms with Gasteiger partial charge in [0.15, 0.2) is 0 Å². The minimum atomic E-state index is -0.0299. The average molecular weight is 270 g/mol. The molecular formula is C16H18N2O2. The van der Waals surface area contributed by atoms with Crippen LogP contribution in [0.2, 0.25) is 0 Å². The molecule has 0 radical (unpaired) electrons. The van der Waals surface area contributed by atoms with Crippen LogP contribution in [0.3, 0.4) is 0 Å². The molecule has 0 bridgehead atoms. The van der Waals surface area contributed by atoms with Crippen LogP contribution in [0.1, 0.15) is 17.5 Å². The summed E-state index contributed by atoms with van der Waals surface area (Å²) in [5, 5.41) is 2.89. The molecule has 0 saturated carbocycles. The molecule has 0 atom stereocenters. The highest BCUT2D eigenvalue weighted by molar-refractivity contribution is 5.92. The molecule has 104 valence electrons. The van der Waals surface area contributed by atoms with E-state index in [2.05, 4.69) is 10.3 Å². The Labute approximate surface area is 118 Å². The fourth-order valence-electron chi connectivity index (χ4n) is 1.94. The maximum absolute atomic E-state index is 12.0. The molecule has 20 heavy (non-hydrogen) atoms. The molecule has 0 aliphatic rings. The van der Waals surface area contributed by atoms with Crippen molar-refractivity contribution < 1.29 is 9.53 Å². The van der Waals surface area contributed by atoms with Crippen LogP contribution in [-0.2, 0) is 11.2 Å². The molecule has 0 spiro atoms. The minimum absolute atomic E-state index is 0.0299. The summed E-state index contributed by atoms with van der Waals surface area (Å²) in [4.78, 5) is 16.0. The number of amides is 1. The quantitative estimate of drug-likeness (QED) is 0.908. The fraction of sp³-hybridized carbons (Fsp3) is 0.250. The number of anilines is 1. The molecule has 4 nitrogen and oxygen atoms in total. The highest BCUT2D eigenvalue weighted by Gasteiger charge is 2.08. The Hall–Kier alpha value is -2.36. The van der Waals surface area contributed by atoms with Crippen molar-refractivity contribution in [3.05, 3.63) is 53.9 Å². The van der Waals surface area contributed by atoms with E-state index in [1.54, 1.807) is 19.5 Å². The summed E-state index contributed by atoms with van der Waals surface area (Å²) in [6.45, 7) is 1.98. The van der Waals surface area contributed by atoms with E-state index in [0.717, 1.165) is 11.1 Å². The van der Waals surface area contributed by atoms with Crippen LogP contribution in [0.5, 0.6) is 5.75 Å². The zero-order valence-corrected chi connectivity index (χ0v) is 11.7. The Morgan fingerprint density at radius 3 is 2.90 bits per heavy atom. The van der Waals surface area contributed by atoms with Gasteiger partial charge in [-0.1, -0.05) is 12.1 Å². The van der Waals surface area contributed by atoms with Crippen LogP contribution in [0, 0.1) is 6.92 Å². The van der Waals surface area contributed by atoms with Crippen molar-refractivity contribution in [2.45, 2.75) is 19.8 Å². The maximum Gasteiger partial charge on any atom is 0.224 e. The lowest BCUT2D eigenvalue weighted by molar-refractivity contribution is -0.116. The smallest absolute Gasteiger partial charge is 0.224 e. The van der Waals surface area contributed by atoms with Gasteiger partial charge in [-0.15, -0.1) is 0 Å². The van der Waals surface area contributed by atoms with Gasteiger partial charge in [0.25, 0.3) is 0 Å². The first kappa shape index (κ1) is 14.1. The summed E-state index contributed by atoms with van der Waals surface area (Å²) in [6, 6.07) is 9.54. The molecule has 1 heterocycles. The Morgan fingerprint density at radius 1 is 1.35 bits per heavy atom. The first-order valence-electron chi connectivity index (χ1n) is 6.52. The third-order valence-electron chi connectivity index (χ3n) is 2.99. The summed E-state index contributed by atoms with van der Waals surface area (Å²) in [5.41, 5.74) is 2.84. The number of aryl methyl sites for hydroxylation is 2. The molecule has 0 saturated heterocycles. The third-order valence-corrected chi connectivity index (χ3v) is 2.99. The molecule has 0 aliphatic heterocycles. The monoisotopic (exact) mass is 270 g/mol. The van der Waals surface area contributed by atoms with E-state index in [1.165, 1.54) is 0 Å². The molecule has 0 unspecified atom stereocenters. The molecule has 2 rings (SSSR count). The second-order valence-corrected chi connectivity index (χ2v) is 4.61. The number of pyridine rings is 1. The van der Waals surface area contributed by atoms with E-state index in [4.69, 9.17) is 4.74 Å². The van der Waals surface area contributed by atoms with Gasteiger partial charge < -0.3 is 10.1 Å². The van der Waals surface area contributed by atoms with Gasteiger partial charge in [-0.05, 0) is 42.7 Å². The van der Waals surface area contributed by atoms with E-state index in [-0.39, 0.29) is 5.91 Å². The van der Waals surface area contributed by atoms with Crippen LogP contribution >= 0.6 is 0 Å². The second kappa shape index (κ2) is 6.70. The van der Waals surface area contributed by atoms with Gasteiger partial charge in [-0.2, -0.15) is 0 Å². The number of ether oxygens (including phenoxy) is 1. The largest absolute Gasteiger partial charge is 0.495 e. The topological polar surface area (TPSA) is 51.2 Å². The average Bonchev–Trinajstić information content (AvgIpc) is 2.46. The van der Waals surface area contributed by atoms with Crippen molar-refractivity contribution in [3.8, 4) is 5.75 Å². The standard InChI is InChI=1S/C16H18N2O2/c1-12-5-7-15(20-2)14(10-12)18-16(19)8-6-13-4-3-9-17-11-13/h3-5,7,9-11H,6,8H2,1-2H3,(H,18,19). The Kier molecular flexibility index (Phi) is 4.71. The molecule has 1 aromatic carbocycles. The molecule has 1 N–H and O–H groups in total. The zero-order chi connectivity index (χ0) is 14.4.